The summed E-state index contributed by atoms with van der Waals surface area (Å²) in [6.45, 7) is 3.26. The molecule has 1 fully saturated rings. The van der Waals surface area contributed by atoms with E-state index in [4.69, 9.17) is 4.74 Å². The van der Waals surface area contributed by atoms with Gasteiger partial charge in [0, 0.05) is 32.5 Å². The van der Waals surface area contributed by atoms with Gasteiger partial charge in [-0.3, -0.25) is 9.59 Å². The molecule has 0 bridgehead atoms. The van der Waals surface area contributed by atoms with Crippen LogP contribution in [0.2, 0.25) is 0 Å². The quantitative estimate of drug-likeness (QED) is 0.855. The van der Waals surface area contributed by atoms with Gasteiger partial charge in [0.15, 0.2) is 0 Å². The molecule has 2 rings (SSSR count). The monoisotopic (exact) mass is 294 g/mol. The standard InChI is InChI=1S/C15H22N2O4/c1-10-3-4-13(17(10)2)14(18)16-9-12(15(19)20)11-5-7-21-8-6-11/h3-4,11-12H,5-9H2,1-2H3,(H,16,18)(H,19,20). The van der Waals surface area contributed by atoms with Crippen molar-refractivity contribution in [1.82, 2.24) is 9.88 Å². The summed E-state index contributed by atoms with van der Waals surface area (Å²) in [6.07, 6.45) is 1.46. The number of aromatic nitrogens is 1. The number of ether oxygens (including phenoxy) is 1. The average molecular weight is 294 g/mol. The maximum atomic E-state index is 12.1. The molecule has 1 saturated heterocycles. The molecule has 0 saturated carbocycles. The van der Waals surface area contributed by atoms with E-state index in [1.165, 1.54) is 0 Å². The zero-order valence-corrected chi connectivity index (χ0v) is 12.5. The van der Waals surface area contributed by atoms with E-state index in [0.29, 0.717) is 18.9 Å². The summed E-state index contributed by atoms with van der Waals surface area (Å²) >= 11 is 0. The highest BCUT2D eigenvalue weighted by Crippen LogP contribution is 2.23. The Hall–Kier alpha value is -1.82. The van der Waals surface area contributed by atoms with Gasteiger partial charge >= 0.3 is 5.97 Å². The number of nitrogens with zero attached hydrogens (tertiary/aromatic N) is 1. The third kappa shape index (κ3) is 3.64. The molecule has 1 unspecified atom stereocenters. The first kappa shape index (κ1) is 15.6. The summed E-state index contributed by atoms with van der Waals surface area (Å²) in [5.41, 5.74) is 1.53. The fourth-order valence-corrected chi connectivity index (χ4v) is 2.71. The van der Waals surface area contributed by atoms with Crippen molar-refractivity contribution in [3.63, 3.8) is 0 Å². The van der Waals surface area contributed by atoms with Gasteiger partial charge in [0.05, 0.1) is 5.92 Å². The number of amides is 1. The predicted molar refractivity (Wildman–Crippen MR) is 77.2 cm³/mol. The lowest BCUT2D eigenvalue weighted by Crippen LogP contribution is -2.39. The maximum Gasteiger partial charge on any atom is 0.308 e. The summed E-state index contributed by atoms with van der Waals surface area (Å²) in [6, 6.07) is 3.61. The fourth-order valence-electron chi connectivity index (χ4n) is 2.71. The Bertz CT molecular complexity index is 518. The smallest absolute Gasteiger partial charge is 0.308 e. The minimum Gasteiger partial charge on any atom is -0.481 e. The molecule has 2 heterocycles. The summed E-state index contributed by atoms with van der Waals surface area (Å²) in [7, 11) is 1.82. The number of carboxylic acid groups (broad SMARTS) is 1. The maximum absolute atomic E-state index is 12.1. The second-order valence-corrected chi connectivity index (χ2v) is 5.52. The summed E-state index contributed by atoms with van der Waals surface area (Å²) < 4.78 is 7.05. The summed E-state index contributed by atoms with van der Waals surface area (Å²) in [5.74, 6) is -1.58. The molecule has 1 amide bonds. The summed E-state index contributed by atoms with van der Waals surface area (Å²) in [4.78, 5) is 23.6. The van der Waals surface area contributed by atoms with E-state index in [1.807, 2.05) is 20.0 Å². The van der Waals surface area contributed by atoms with E-state index in [1.54, 1.807) is 10.6 Å². The molecular formula is C15H22N2O4. The van der Waals surface area contributed by atoms with Gasteiger partial charge in [0.25, 0.3) is 5.91 Å². The van der Waals surface area contributed by atoms with E-state index in [9.17, 15) is 14.7 Å². The number of rotatable bonds is 5. The second-order valence-electron chi connectivity index (χ2n) is 5.52. The van der Waals surface area contributed by atoms with Gasteiger partial charge < -0.3 is 19.7 Å². The molecule has 1 aliphatic rings. The molecule has 1 atom stereocenters. The van der Waals surface area contributed by atoms with Gasteiger partial charge in [-0.25, -0.2) is 0 Å². The lowest BCUT2D eigenvalue weighted by molar-refractivity contribution is -0.144. The van der Waals surface area contributed by atoms with Crippen LogP contribution in [0.4, 0.5) is 0 Å². The Morgan fingerprint density at radius 2 is 2.10 bits per heavy atom. The lowest BCUT2D eigenvalue weighted by Gasteiger charge is -2.27. The molecule has 1 aliphatic heterocycles. The van der Waals surface area contributed by atoms with Crippen molar-refractivity contribution in [2.24, 2.45) is 18.9 Å². The van der Waals surface area contributed by atoms with Gasteiger partial charge in [-0.15, -0.1) is 0 Å². The third-order valence-corrected chi connectivity index (χ3v) is 4.24. The van der Waals surface area contributed by atoms with Crippen molar-refractivity contribution in [2.75, 3.05) is 19.8 Å². The Kier molecular flexibility index (Phi) is 5.01. The Morgan fingerprint density at radius 1 is 1.43 bits per heavy atom. The largest absolute Gasteiger partial charge is 0.481 e. The molecule has 1 aromatic rings. The van der Waals surface area contributed by atoms with Crippen molar-refractivity contribution >= 4 is 11.9 Å². The highest BCUT2D eigenvalue weighted by Gasteiger charge is 2.30. The number of hydrogen-bond acceptors (Lipinski definition) is 3. The number of aryl methyl sites for hydroxylation is 1. The number of carboxylic acids is 1. The number of carbonyl (C=O) groups excluding carboxylic acids is 1. The van der Waals surface area contributed by atoms with Crippen LogP contribution >= 0.6 is 0 Å². The van der Waals surface area contributed by atoms with Crippen molar-refractivity contribution < 1.29 is 19.4 Å². The minimum atomic E-state index is -0.856. The van der Waals surface area contributed by atoms with Crippen LogP contribution in [0.1, 0.15) is 29.0 Å². The number of aliphatic carboxylic acids is 1. The van der Waals surface area contributed by atoms with Gasteiger partial charge in [-0.2, -0.15) is 0 Å². The van der Waals surface area contributed by atoms with Gasteiger partial charge in [0.2, 0.25) is 0 Å². The van der Waals surface area contributed by atoms with E-state index < -0.39 is 11.9 Å². The molecular weight excluding hydrogens is 272 g/mol. The van der Waals surface area contributed by atoms with Crippen molar-refractivity contribution in [3.8, 4) is 0 Å². The first-order valence-electron chi connectivity index (χ1n) is 7.21. The molecule has 0 aromatic carbocycles. The van der Waals surface area contributed by atoms with Crippen LogP contribution in [0.3, 0.4) is 0 Å². The zero-order chi connectivity index (χ0) is 15.4. The van der Waals surface area contributed by atoms with Crippen LogP contribution in [0.15, 0.2) is 12.1 Å². The lowest BCUT2D eigenvalue weighted by atomic mass is 9.86. The van der Waals surface area contributed by atoms with E-state index >= 15 is 0 Å². The number of nitrogens with one attached hydrogen (secondary N) is 1. The molecule has 21 heavy (non-hydrogen) atoms. The van der Waals surface area contributed by atoms with Crippen molar-refractivity contribution in [3.05, 3.63) is 23.5 Å². The number of carbonyl (C=O) groups is 2. The Labute approximate surface area is 124 Å². The van der Waals surface area contributed by atoms with Crippen LogP contribution in [0.25, 0.3) is 0 Å². The van der Waals surface area contributed by atoms with Crippen molar-refractivity contribution in [2.45, 2.75) is 19.8 Å². The first-order valence-corrected chi connectivity index (χ1v) is 7.21. The van der Waals surface area contributed by atoms with E-state index in [0.717, 1.165) is 18.5 Å². The molecule has 6 nitrogen and oxygen atoms in total. The highest BCUT2D eigenvalue weighted by atomic mass is 16.5. The van der Waals surface area contributed by atoms with Crippen molar-refractivity contribution in [1.29, 1.82) is 0 Å². The average Bonchev–Trinajstić information content (AvgIpc) is 2.80. The van der Waals surface area contributed by atoms with Crippen LogP contribution < -0.4 is 5.32 Å². The topological polar surface area (TPSA) is 80.6 Å². The van der Waals surface area contributed by atoms with Gasteiger partial charge in [0.1, 0.15) is 5.69 Å². The summed E-state index contributed by atoms with van der Waals surface area (Å²) in [5, 5.41) is 12.1. The molecule has 2 N–H and O–H groups in total. The Morgan fingerprint density at radius 3 is 2.62 bits per heavy atom. The number of hydrogen-bond donors (Lipinski definition) is 2. The minimum absolute atomic E-state index is 0.0618. The Balaban J connectivity index is 1.96. The van der Waals surface area contributed by atoms with Crippen LogP contribution in [0.5, 0.6) is 0 Å². The molecule has 6 heteroatoms. The van der Waals surface area contributed by atoms with Gasteiger partial charge in [-0.1, -0.05) is 0 Å². The van der Waals surface area contributed by atoms with Gasteiger partial charge in [-0.05, 0) is 37.8 Å². The second kappa shape index (κ2) is 6.76. The normalized spacial score (nSPS) is 17.4. The molecule has 0 spiro atoms. The van der Waals surface area contributed by atoms with E-state index in [-0.39, 0.29) is 18.4 Å². The van der Waals surface area contributed by atoms with E-state index in [2.05, 4.69) is 5.32 Å². The predicted octanol–water partition coefficient (Wildman–Crippen LogP) is 1.19. The van der Waals surface area contributed by atoms with Crippen LogP contribution in [-0.2, 0) is 16.6 Å². The third-order valence-electron chi connectivity index (χ3n) is 4.24. The molecule has 116 valence electrons. The molecule has 0 aliphatic carbocycles. The SMILES string of the molecule is Cc1ccc(C(=O)NCC(C(=O)O)C2CCOCC2)n1C. The van der Waals surface area contributed by atoms with Crippen LogP contribution in [0, 0.1) is 18.8 Å². The molecule has 1 aromatic heterocycles. The highest BCUT2D eigenvalue weighted by molar-refractivity contribution is 5.93. The fraction of sp³-hybridized carbons (Fsp3) is 0.600. The first-order chi connectivity index (χ1) is 10.0. The van der Waals surface area contributed by atoms with Crippen LogP contribution in [-0.4, -0.2) is 41.3 Å². The zero-order valence-electron chi connectivity index (χ0n) is 12.5. The molecule has 0 radical (unpaired) electrons.